The van der Waals surface area contributed by atoms with Crippen LogP contribution in [0.3, 0.4) is 0 Å². The van der Waals surface area contributed by atoms with Gasteiger partial charge in [0.25, 0.3) is 11.1 Å². The maximum atomic E-state index is 12.2. The van der Waals surface area contributed by atoms with Crippen LogP contribution >= 0.6 is 11.8 Å². The number of ether oxygens (including phenoxy) is 2. The molecule has 0 radical (unpaired) electrons. The van der Waals surface area contributed by atoms with Gasteiger partial charge in [-0.3, -0.25) is 4.79 Å². The summed E-state index contributed by atoms with van der Waals surface area (Å²) in [5.74, 6) is 3.64. The minimum Gasteiger partial charge on any atom is -0.497 e. The minimum absolute atomic E-state index is 0.0341. The van der Waals surface area contributed by atoms with E-state index in [1.807, 2.05) is 24.3 Å². The molecule has 0 saturated heterocycles. The smallest absolute Gasteiger partial charge is 0.277 e. The number of aromatic nitrogens is 2. The third kappa shape index (κ3) is 4.55. The number of hydrogen-bond acceptors (Lipinski definition) is 7. The number of rotatable bonds is 8. The van der Waals surface area contributed by atoms with Gasteiger partial charge in [0.15, 0.2) is 6.61 Å². The van der Waals surface area contributed by atoms with E-state index in [-0.39, 0.29) is 18.3 Å². The molecule has 2 aliphatic carbocycles. The molecule has 0 aliphatic heterocycles. The first kappa shape index (κ1) is 18.2. The van der Waals surface area contributed by atoms with Gasteiger partial charge in [-0.2, -0.15) is 0 Å². The predicted molar refractivity (Wildman–Crippen MR) is 99.7 cm³/mol. The first-order valence-corrected chi connectivity index (χ1v) is 10.2. The molecule has 8 heteroatoms. The third-order valence-electron chi connectivity index (χ3n) is 5.28. The lowest BCUT2D eigenvalue weighted by Crippen LogP contribution is -2.39. The molecule has 1 heterocycles. The SMILES string of the molecule is COc1ccc(OCc2nnc(SCC(=O)N[C@H]3C[C@H]4CC[C@H]3C4)o2)cc1. The molecule has 1 amide bonds. The van der Waals surface area contributed by atoms with Crippen LogP contribution in [0.15, 0.2) is 33.9 Å². The zero-order valence-corrected chi connectivity index (χ0v) is 16.0. The molecule has 2 bridgehead atoms. The van der Waals surface area contributed by atoms with Gasteiger partial charge in [0.1, 0.15) is 11.5 Å². The molecule has 0 spiro atoms. The molecule has 144 valence electrons. The van der Waals surface area contributed by atoms with E-state index in [9.17, 15) is 4.79 Å². The standard InChI is InChI=1S/C19H23N3O4S/c1-24-14-4-6-15(7-5-14)25-10-18-21-22-19(26-18)27-11-17(23)20-16-9-12-2-3-13(16)8-12/h4-7,12-13,16H,2-3,8-11H2,1H3,(H,20,23)/t12-,13-,16-/m0/s1. The Bertz CT molecular complexity index is 780. The summed E-state index contributed by atoms with van der Waals surface area (Å²) in [5, 5.41) is 11.5. The third-order valence-corrected chi connectivity index (χ3v) is 6.10. The lowest BCUT2D eigenvalue weighted by Gasteiger charge is -2.22. The summed E-state index contributed by atoms with van der Waals surface area (Å²) < 4.78 is 16.2. The van der Waals surface area contributed by atoms with E-state index in [0.717, 1.165) is 18.1 Å². The summed E-state index contributed by atoms with van der Waals surface area (Å²) in [5.41, 5.74) is 0. The topological polar surface area (TPSA) is 86.5 Å². The highest BCUT2D eigenvalue weighted by Gasteiger charge is 2.40. The van der Waals surface area contributed by atoms with Gasteiger partial charge in [0.05, 0.1) is 12.9 Å². The highest BCUT2D eigenvalue weighted by molar-refractivity contribution is 7.99. The number of nitrogens with one attached hydrogen (secondary N) is 1. The fourth-order valence-electron chi connectivity index (χ4n) is 3.97. The monoisotopic (exact) mass is 389 g/mol. The van der Waals surface area contributed by atoms with Crippen molar-refractivity contribution in [2.45, 2.75) is 43.6 Å². The van der Waals surface area contributed by atoms with Gasteiger partial charge >= 0.3 is 0 Å². The van der Waals surface area contributed by atoms with Crippen molar-refractivity contribution >= 4 is 17.7 Å². The van der Waals surface area contributed by atoms with Crippen LogP contribution in [0.4, 0.5) is 0 Å². The van der Waals surface area contributed by atoms with Crippen molar-refractivity contribution in [2.75, 3.05) is 12.9 Å². The fourth-order valence-corrected chi connectivity index (χ4v) is 4.56. The molecule has 0 unspecified atom stereocenters. The molecule has 2 saturated carbocycles. The number of thioether (sulfide) groups is 1. The normalized spacial score (nSPS) is 23.4. The van der Waals surface area contributed by atoms with Crippen molar-refractivity contribution in [3.63, 3.8) is 0 Å². The van der Waals surface area contributed by atoms with Crippen molar-refractivity contribution in [2.24, 2.45) is 11.8 Å². The van der Waals surface area contributed by atoms with Crippen LogP contribution < -0.4 is 14.8 Å². The Kier molecular flexibility index (Phi) is 5.52. The predicted octanol–water partition coefficient (Wildman–Crippen LogP) is 3.05. The second kappa shape index (κ2) is 8.21. The van der Waals surface area contributed by atoms with Gasteiger partial charge in [-0.25, -0.2) is 0 Å². The Morgan fingerprint density at radius 3 is 2.74 bits per heavy atom. The highest BCUT2D eigenvalue weighted by Crippen LogP contribution is 2.44. The maximum absolute atomic E-state index is 12.2. The van der Waals surface area contributed by atoms with Crippen molar-refractivity contribution in [1.82, 2.24) is 15.5 Å². The highest BCUT2D eigenvalue weighted by atomic mass is 32.2. The van der Waals surface area contributed by atoms with E-state index in [1.54, 1.807) is 7.11 Å². The molecule has 2 fully saturated rings. The Hall–Kier alpha value is -2.22. The Morgan fingerprint density at radius 1 is 1.22 bits per heavy atom. The lowest BCUT2D eigenvalue weighted by molar-refractivity contribution is -0.119. The van der Waals surface area contributed by atoms with Crippen molar-refractivity contribution < 1.29 is 18.7 Å². The van der Waals surface area contributed by atoms with Crippen LogP contribution in [-0.2, 0) is 11.4 Å². The minimum atomic E-state index is 0.0341. The molecule has 2 aliphatic rings. The van der Waals surface area contributed by atoms with Crippen molar-refractivity contribution in [3.05, 3.63) is 30.2 Å². The molecule has 3 atom stereocenters. The van der Waals surface area contributed by atoms with Gasteiger partial charge in [-0.1, -0.05) is 18.2 Å². The van der Waals surface area contributed by atoms with Gasteiger partial charge in [0, 0.05) is 6.04 Å². The zero-order chi connectivity index (χ0) is 18.6. The molecule has 2 aromatic rings. The zero-order valence-electron chi connectivity index (χ0n) is 15.2. The average molecular weight is 389 g/mol. The van der Waals surface area contributed by atoms with Crippen molar-refractivity contribution in [1.29, 1.82) is 0 Å². The van der Waals surface area contributed by atoms with Gasteiger partial charge in [-0.05, 0) is 55.4 Å². The number of amides is 1. The van der Waals surface area contributed by atoms with E-state index in [2.05, 4.69) is 15.5 Å². The second-order valence-electron chi connectivity index (χ2n) is 7.06. The second-order valence-corrected chi connectivity index (χ2v) is 7.99. The van der Waals surface area contributed by atoms with Crippen LogP contribution in [0.5, 0.6) is 11.5 Å². The van der Waals surface area contributed by atoms with E-state index in [1.165, 1.54) is 31.0 Å². The summed E-state index contributed by atoms with van der Waals surface area (Å²) in [4.78, 5) is 12.2. The van der Waals surface area contributed by atoms with Gasteiger partial charge < -0.3 is 19.2 Å². The van der Waals surface area contributed by atoms with Crippen LogP contribution in [0.1, 0.15) is 31.6 Å². The molecular formula is C19H23N3O4S. The molecule has 1 N–H and O–H groups in total. The molecule has 7 nitrogen and oxygen atoms in total. The van der Waals surface area contributed by atoms with Crippen molar-refractivity contribution in [3.8, 4) is 11.5 Å². The number of benzene rings is 1. The summed E-state index contributed by atoms with van der Waals surface area (Å²) >= 11 is 1.25. The molecule has 4 rings (SSSR count). The van der Waals surface area contributed by atoms with Crippen LogP contribution in [-0.4, -0.2) is 35.0 Å². The number of hydrogen-bond donors (Lipinski definition) is 1. The van der Waals surface area contributed by atoms with Gasteiger partial charge in [-0.15, -0.1) is 10.2 Å². The molecule has 1 aromatic carbocycles. The Morgan fingerprint density at radius 2 is 2.04 bits per heavy atom. The summed E-state index contributed by atoms with van der Waals surface area (Å²) in [6.07, 6.45) is 4.99. The maximum Gasteiger partial charge on any atom is 0.277 e. The van der Waals surface area contributed by atoms with Crippen LogP contribution in [0, 0.1) is 11.8 Å². The Labute approximate surface area is 162 Å². The summed E-state index contributed by atoms with van der Waals surface area (Å²) in [6, 6.07) is 7.61. The number of carbonyl (C=O) groups is 1. The largest absolute Gasteiger partial charge is 0.497 e. The number of methoxy groups -OCH3 is 1. The van der Waals surface area contributed by atoms with E-state index in [0.29, 0.717) is 28.8 Å². The first-order chi connectivity index (χ1) is 13.2. The van der Waals surface area contributed by atoms with Crippen LogP contribution in [0.25, 0.3) is 0 Å². The average Bonchev–Trinajstić information content (AvgIpc) is 3.42. The first-order valence-electron chi connectivity index (χ1n) is 9.21. The molecule has 27 heavy (non-hydrogen) atoms. The Balaban J connectivity index is 1.20. The van der Waals surface area contributed by atoms with Gasteiger partial charge in [0.2, 0.25) is 5.91 Å². The van der Waals surface area contributed by atoms with E-state index < -0.39 is 0 Å². The quantitative estimate of drug-likeness (QED) is 0.694. The van der Waals surface area contributed by atoms with Crippen LogP contribution in [0.2, 0.25) is 0 Å². The summed E-state index contributed by atoms with van der Waals surface area (Å²) in [7, 11) is 1.62. The molecule has 1 aromatic heterocycles. The summed E-state index contributed by atoms with van der Waals surface area (Å²) in [6.45, 7) is 0.178. The van der Waals surface area contributed by atoms with E-state index in [4.69, 9.17) is 13.9 Å². The number of carbonyl (C=O) groups excluding carboxylic acids is 1. The number of nitrogens with zero attached hydrogens (tertiary/aromatic N) is 2. The lowest BCUT2D eigenvalue weighted by atomic mass is 9.95. The number of fused-ring (bicyclic) bond motifs is 2. The van der Waals surface area contributed by atoms with E-state index >= 15 is 0 Å². The molecular weight excluding hydrogens is 366 g/mol. The fraction of sp³-hybridized carbons (Fsp3) is 0.526.